The average molecular weight is 542 g/mol. The Morgan fingerprint density at radius 1 is 1.10 bits per heavy atom. The fourth-order valence-corrected chi connectivity index (χ4v) is 3.23. The molecule has 170 valence electrons. The second-order valence-corrected chi connectivity index (χ2v) is 7.37. The summed E-state index contributed by atoms with van der Waals surface area (Å²) in [5, 5.41) is 6.52. The van der Waals surface area contributed by atoms with E-state index in [1.807, 2.05) is 6.92 Å². The van der Waals surface area contributed by atoms with Crippen molar-refractivity contribution in [1.29, 1.82) is 0 Å². The van der Waals surface area contributed by atoms with Gasteiger partial charge in [0.25, 0.3) is 0 Å². The molecule has 0 aromatic heterocycles. The molecule has 3 rings (SSSR count). The van der Waals surface area contributed by atoms with Crippen LogP contribution in [0.25, 0.3) is 0 Å². The molecule has 0 radical (unpaired) electrons. The lowest BCUT2D eigenvalue weighted by Gasteiger charge is -2.26. The van der Waals surface area contributed by atoms with Gasteiger partial charge in [0.1, 0.15) is 6.10 Å². The van der Waals surface area contributed by atoms with Gasteiger partial charge in [-0.25, -0.2) is 4.39 Å². The molecule has 0 spiro atoms. The van der Waals surface area contributed by atoms with E-state index >= 15 is 0 Å². The summed E-state index contributed by atoms with van der Waals surface area (Å²) in [6, 6.07) is 15.0. The molecule has 2 aromatic carbocycles. The van der Waals surface area contributed by atoms with E-state index in [9.17, 15) is 4.39 Å². The molecule has 2 aromatic rings. The van der Waals surface area contributed by atoms with E-state index in [-0.39, 0.29) is 41.6 Å². The minimum absolute atomic E-state index is 0. The first-order chi connectivity index (χ1) is 14.6. The van der Waals surface area contributed by atoms with Crippen molar-refractivity contribution >= 4 is 29.9 Å². The van der Waals surface area contributed by atoms with Crippen molar-refractivity contribution in [2.45, 2.75) is 26.1 Å². The highest BCUT2D eigenvalue weighted by Crippen LogP contribution is 2.16. The summed E-state index contributed by atoms with van der Waals surface area (Å²) in [6.07, 6.45) is -0.208. The molecular formula is C23H32FIN4O2. The van der Waals surface area contributed by atoms with Gasteiger partial charge < -0.3 is 20.1 Å². The summed E-state index contributed by atoms with van der Waals surface area (Å²) in [4.78, 5) is 6.65. The highest BCUT2D eigenvalue weighted by Gasteiger charge is 2.11. The van der Waals surface area contributed by atoms with Crippen LogP contribution in [0.4, 0.5) is 4.39 Å². The Kier molecular flexibility index (Phi) is 11.0. The molecule has 1 atom stereocenters. The normalized spacial score (nSPS) is 15.6. The summed E-state index contributed by atoms with van der Waals surface area (Å²) < 4.78 is 24.7. The van der Waals surface area contributed by atoms with E-state index < -0.39 is 0 Å². The first-order valence-corrected chi connectivity index (χ1v) is 10.4. The SMILES string of the molecule is CN=C(NCc1ccc(CN2CCOCC2)cc1)NCC(C)Oc1ccccc1F.I. The number of benzene rings is 2. The summed E-state index contributed by atoms with van der Waals surface area (Å²) >= 11 is 0. The molecule has 0 bridgehead atoms. The quantitative estimate of drug-likeness (QED) is 0.304. The Morgan fingerprint density at radius 3 is 2.45 bits per heavy atom. The van der Waals surface area contributed by atoms with E-state index in [1.54, 1.807) is 25.2 Å². The number of rotatable bonds is 8. The molecule has 1 aliphatic rings. The van der Waals surface area contributed by atoms with Gasteiger partial charge >= 0.3 is 0 Å². The van der Waals surface area contributed by atoms with Crippen LogP contribution in [0.2, 0.25) is 0 Å². The zero-order chi connectivity index (χ0) is 21.2. The van der Waals surface area contributed by atoms with Gasteiger partial charge in [0, 0.05) is 33.2 Å². The summed E-state index contributed by atoms with van der Waals surface area (Å²) in [5.74, 6) is 0.576. The summed E-state index contributed by atoms with van der Waals surface area (Å²) in [5.41, 5.74) is 2.49. The number of aliphatic imine (C=N–C) groups is 1. The van der Waals surface area contributed by atoms with Gasteiger partial charge in [0.2, 0.25) is 0 Å². The molecule has 0 amide bonds. The third kappa shape index (κ3) is 8.62. The Hall–Kier alpha value is -1.91. The largest absolute Gasteiger partial charge is 0.486 e. The number of nitrogens with one attached hydrogen (secondary N) is 2. The number of halogens is 2. The Labute approximate surface area is 201 Å². The van der Waals surface area contributed by atoms with Crippen molar-refractivity contribution in [3.05, 3.63) is 65.5 Å². The summed E-state index contributed by atoms with van der Waals surface area (Å²) in [7, 11) is 1.73. The molecular weight excluding hydrogens is 510 g/mol. The standard InChI is InChI=1S/C23H31FN4O2.HI/c1-18(30-22-6-4-3-5-21(22)24)15-26-23(25-2)27-16-19-7-9-20(10-8-19)17-28-11-13-29-14-12-28;/h3-10,18H,11-17H2,1-2H3,(H2,25,26,27);1H. The first kappa shape index (κ1) is 25.4. The van der Waals surface area contributed by atoms with Gasteiger partial charge in [-0.05, 0) is 30.2 Å². The number of nitrogens with zero attached hydrogens (tertiary/aromatic N) is 2. The molecule has 1 saturated heterocycles. The predicted octanol–water partition coefficient (Wildman–Crippen LogP) is 3.41. The van der Waals surface area contributed by atoms with E-state index in [2.05, 4.69) is 44.8 Å². The maximum absolute atomic E-state index is 13.7. The Morgan fingerprint density at radius 2 is 1.77 bits per heavy atom. The van der Waals surface area contributed by atoms with Crippen molar-refractivity contribution in [3.63, 3.8) is 0 Å². The maximum Gasteiger partial charge on any atom is 0.191 e. The number of hydrogen-bond acceptors (Lipinski definition) is 4. The number of ether oxygens (including phenoxy) is 2. The van der Waals surface area contributed by atoms with Crippen LogP contribution in [0.3, 0.4) is 0 Å². The highest BCUT2D eigenvalue weighted by atomic mass is 127. The van der Waals surface area contributed by atoms with Gasteiger partial charge in [-0.3, -0.25) is 9.89 Å². The third-order valence-corrected chi connectivity index (χ3v) is 4.94. The lowest BCUT2D eigenvalue weighted by atomic mass is 10.1. The monoisotopic (exact) mass is 542 g/mol. The zero-order valence-electron chi connectivity index (χ0n) is 18.1. The van der Waals surface area contributed by atoms with E-state index in [4.69, 9.17) is 9.47 Å². The van der Waals surface area contributed by atoms with Gasteiger partial charge in [-0.1, -0.05) is 36.4 Å². The van der Waals surface area contributed by atoms with E-state index in [1.165, 1.54) is 17.2 Å². The van der Waals surface area contributed by atoms with Gasteiger partial charge in [-0.2, -0.15) is 0 Å². The topological polar surface area (TPSA) is 58.1 Å². The smallest absolute Gasteiger partial charge is 0.191 e. The second-order valence-electron chi connectivity index (χ2n) is 7.37. The first-order valence-electron chi connectivity index (χ1n) is 10.4. The van der Waals surface area contributed by atoms with Crippen molar-refractivity contribution in [1.82, 2.24) is 15.5 Å². The van der Waals surface area contributed by atoms with Crippen molar-refractivity contribution < 1.29 is 13.9 Å². The zero-order valence-corrected chi connectivity index (χ0v) is 20.5. The lowest BCUT2D eigenvalue weighted by Crippen LogP contribution is -2.41. The number of morpholine rings is 1. The highest BCUT2D eigenvalue weighted by molar-refractivity contribution is 14.0. The molecule has 2 N–H and O–H groups in total. The van der Waals surface area contributed by atoms with Crippen LogP contribution in [-0.4, -0.2) is 56.9 Å². The van der Waals surface area contributed by atoms with Crippen LogP contribution in [0.15, 0.2) is 53.5 Å². The van der Waals surface area contributed by atoms with Gasteiger partial charge in [-0.15, -0.1) is 24.0 Å². The van der Waals surface area contributed by atoms with Gasteiger partial charge in [0.15, 0.2) is 17.5 Å². The molecule has 1 unspecified atom stereocenters. The molecule has 8 heteroatoms. The van der Waals surface area contributed by atoms with E-state index in [0.717, 1.165) is 32.8 Å². The van der Waals surface area contributed by atoms with Crippen LogP contribution < -0.4 is 15.4 Å². The second kappa shape index (κ2) is 13.5. The minimum atomic E-state index is -0.357. The molecule has 1 aliphatic heterocycles. The molecule has 1 fully saturated rings. The molecule has 0 saturated carbocycles. The van der Waals surface area contributed by atoms with Crippen LogP contribution in [0, 0.1) is 5.82 Å². The van der Waals surface area contributed by atoms with Crippen LogP contribution in [0.5, 0.6) is 5.75 Å². The third-order valence-electron chi connectivity index (χ3n) is 4.94. The maximum atomic E-state index is 13.7. The van der Waals surface area contributed by atoms with Crippen LogP contribution >= 0.6 is 24.0 Å². The van der Waals surface area contributed by atoms with Crippen molar-refractivity contribution in [3.8, 4) is 5.75 Å². The van der Waals surface area contributed by atoms with Crippen LogP contribution in [0.1, 0.15) is 18.1 Å². The fraction of sp³-hybridized carbons (Fsp3) is 0.435. The molecule has 0 aliphatic carbocycles. The van der Waals surface area contributed by atoms with Crippen molar-refractivity contribution in [2.75, 3.05) is 39.9 Å². The number of para-hydroxylation sites is 1. The van der Waals surface area contributed by atoms with Crippen LogP contribution in [-0.2, 0) is 17.8 Å². The average Bonchev–Trinajstić information content (AvgIpc) is 2.77. The Bertz CT molecular complexity index is 813. The molecule has 6 nitrogen and oxygen atoms in total. The minimum Gasteiger partial charge on any atom is -0.486 e. The molecule has 1 heterocycles. The summed E-state index contributed by atoms with van der Waals surface area (Å²) in [6.45, 7) is 7.64. The number of guanidine groups is 1. The fourth-order valence-electron chi connectivity index (χ4n) is 3.23. The lowest BCUT2D eigenvalue weighted by molar-refractivity contribution is 0.0342. The number of hydrogen-bond donors (Lipinski definition) is 2. The van der Waals surface area contributed by atoms with E-state index in [0.29, 0.717) is 19.0 Å². The van der Waals surface area contributed by atoms with Crippen molar-refractivity contribution in [2.24, 2.45) is 4.99 Å². The van der Waals surface area contributed by atoms with Gasteiger partial charge in [0.05, 0.1) is 19.8 Å². The molecule has 31 heavy (non-hydrogen) atoms. The Balaban J connectivity index is 0.00000341. The predicted molar refractivity (Wildman–Crippen MR) is 133 cm³/mol.